The molecule has 0 aliphatic heterocycles. The lowest BCUT2D eigenvalue weighted by Gasteiger charge is -2.18. The first-order valence-electron chi connectivity index (χ1n) is 5.81. The maximum atomic E-state index is 13.7. The molecule has 2 aromatic carbocycles. The highest BCUT2D eigenvalue weighted by atomic mass is 79.9. The van der Waals surface area contributed by atoms with Gasteiger partial charge in [0.05, 0.1) is 6.04 Å². The van der Waals surface area contributed by atoms with Crippen LogP contribution in [0.1, 0.15) is 18.5 Å². The Morgan fingerprint density at radius 3 is 2.30 bits per heavy atom. The fourth-order valence-electron chi connectivity index (χ4n) is 1.86. The Labute approximate surface area is 123 Å². The minimum Gasteiger partial charge on any atom is -0.508 e. The van der Waals surface area contributed by atoms with Gasteiger partial charge in [0.15, 0.2) is 0 Å². The van der Waals surface area contributed by atoms with Crippen LogP contribution in [0.4, 0.5) is 14.5 Å². The highest BCUT2D eigenvalue weighted by Gasteiger charge is 2.16. The van der Waals surface area contributed by atoms with Gasteiger partial charge in [-0.15, -0.1) is 0 Å². The second-order valence-corrected chi connectivity index (χ2v) is 5.27. The number of phenols is 2. The summed E-state index contributed by atoms with van der Waals surface area (Å²) < 4.78 is 27.7. The van der Waals surface area contributed by atoms with E-state index in [1.54, 1.807) is 6.92 Å². The molecule has 2 rings (SSSR count). The topological polar surface area (TPSA) is 52.5 Å². The van der Waals surface area contributed by atoms with E-state index in [-0.39, 0.29) is 17.2 Å². The lowest BCUT2D eigenvalue weighted by Crippen LogP contribution is -2.10. The zero-order chi connectivity index (χ0) is 14.9. The van der Waals surface area contributed by atoms with Gasteiger partial charge in [-0.2, -0.15) is 0 Å². The van der Waals surface area contributed by atoms with Crippen LogP contribution in [-0.4, -0.2) is 10.2 Å². The first kappa shape index (κ1) is 14.6. The van der Waals surface area contributed by atoms with E-state index in [4.69, 9.17) is 0 Å². The maximum absolute atomic E-state index is 13.7. The third kappa shape index (κ3) is 3.01. The van der Waals surface area contributed by atoms with Gasteiger partial charge in [-0.3, -0.25) is 0 Å². The van der Waals surface area contributed by atoms with E-state index in [1.165, 1.54) is 18.2 Å². The molecule has 2 aromatic rings. The molecule has 3 nitrogen and oxygen atoms in total. The van der Waals surface area contributed by atoms with Gasteiger partial charge in [0.25, 0.3) is 0 Å². The van der Waals surface area contributed by atoms with E-state index in [0.29, 0.717) is 10.0 Å². The number of aromatic hydroxyl groups is 2. The number of halogens is 3. The van der Waals surface area contributed by atoms with Gasteiger partial charge in [0, 0.05) is 10.0 Å². The maximum Gasteiger partial charge on any atom is 0.150 e. The van der Waals surface area contributed by atoms with E-state index in [0.717, 1.165) is 12.1 Å². The van der Waals surface area contributed by atoms with Gasteiger partial charge >= 0.3 is 0 Å². The lowest BCUT2D eigenvalue weighted by molar-refractivity contribution is 0.451. The van der Waals surface area contributed by atoms with Gasteiger partial charge in [-0.25, -0.2) is 8.78 Å². The summed E-state index contributed by atoms with van der Waals surface area (Å²) in [5, 5.41) is 21.8. The summed E-state index contributed by atoms with van der Waals surface area (Å²) in [6, 6.07) is 5.67. The molecular formula is C14H12BrF2NO2. The predicted octanol–water partition coefficient (Wildman–Crippen LogP) is 4.31. The average molecular weight is 344 g/mol. The van der Waals surface area contributed by atoms with E-state index in [1.807, 2.05) is 0 Å². The quantitative estimate of drug-likeness (QED) is 0.728. The number of hydrogen-bond acceptors (Lipinski definition) is 3. The van der Waals surface area contributed by atoms with Crippen LogP contribution < -0.4 is 5.32 Å². The highest BCUT2D eigenvalue weighted by Crippen LogP contribution is 2.32. The Kier molecular flexibility index (Phi) is 4.13. The lowest BCUT2D eigenvalue weighted by atomic mass is 10.1. The van der Waals surface area contributed by atoms with Crippen LogP contribution >= 0.6 is 15.9 Å². The minimum absolute atomic E-state index is 0.0387. The molecule has 106 valence electrons. The SMILES string of the molecule is CC(Nc1c(F)cc(Br)cc1F)c1cc(O)ccc1O. The highest BCUT2D eigenvalue weighted by molar-refractivity contribution is 9.10. The predicted molar refractivity (Wildman–Crippen MR) is 75.9 cm³/mol. The monoisotopic (exact) mass is 343 g/mol. The number of rotatable bonds is 3. The molecule has 0 amide bonds. The molecule has 0 aliphatic carbocycles. The molecule has 0 spiro atoms. The summed E-state index contributed by atoms with van der Waals surface area (Å²) in [6.07, 6.45) is 0. The van der Waals surface area contributed by atoms with Crippen molar-refractivity contribution in [2.45, 2.75) is 13.0 Å². The molecule has 0 fully saturated rings. The number of anilines is 1. The Morgan fingerprint density at radius 1 is 1.10 bits per heavy atom. The van der Waals surface area contributed by atoms with Gasteiger partial charge in [-0.05, 0) is 37.3 Å². The molecule has 20 heavy (non-hydrogen) atoms. The second-order valence-electron chi connectivity index (χ2n) is 4.35. The molecule has 0 radical (unpaired) electrons. The zero-order valence-corrected chi connectivity index (χ0v) is 12.1. The molecule has 0 aliphatic rings. The molecule has 0 saturated heterocycles. The Balaban J connectivity index is 2.32. The summed E-state index contributed by atoms with van der Waals surface area (Å²) in [5.41, 5.74) is 0.0511. The fourth-order valence-corrected chi connectivity index (χ4v) is 2.27. The van der Waals surface area contributed by atoms with Crippen molar-refractivity contribution in [3.63, 3.8) is 0 Å². The van der Waals surface area contributed by atoms with Crippen LogP contribution in [0.15, 0.2) is 34.8 Å². The van der Waals surface area contributed by atoms with Crippen LogP contribution in [0.5, 0.6) is 11.5 Å². The van der Waals surface area contributed by atoms with Crippen LogP contribution in [-0.2, 0) is 0 Å². The van der Waals surface area contributed by atoms with Crippen molar-refractivity contribution in [1.29, 1.82) is 0 Å². The summed E-state index contributed by atoms with van der Waals surface area (Å²) in [5.74, 6) is -1.60. The minimum atomic E-state index is -0.747. The van der Waals surface area contributed by atoms with Crippen LogP contribution in [0.25, 0.3) is 0 Å². The normalized spacial score (nSPS) is 12.2. The Bertz CT molecular complexity index is 626. The number of phenolic OH excluding ortho intramolecular Hbond substituents is 2. The van der Waals surface area contributed by atoms with Gasteiger partial charge in [-0.1, -0.05) is 15.9 Å². The van der Waals surface area contributed by atoms with Crippen molar-refractivity contribution in [2.24, 2.45) is 0 Å². The largest absolute Gasteiger partial charge is 0.508 e. The van der Waals surface area contributed by atoms with Gasteiger partial charge in [0.1, 0.15) is 28.8 Å². The van der Waals surface area contributed by atoms with Crippen LogP contribution in [0, 0.1) is 11.6 Å². The molecule has 6 heteroatoms. The summed E-state index contributed by atoms with van der Waals surface area (Å²) in [4.78, 5) is 0. The Hall–Kier alpha value is -1.82. The first-order valence-corrected chi connectivity index (χ1v) is 6.60. The molecule has 3 N–H and O–H groups in total. The van der Waals surface area contributed by atoms with Crippen molar-refractivity contribution < 1.29 is 19.0 Å². The van der Waals surface area contributed by atoms with Crippen molar-refractivity contribution in [1.82, 2.24) is 0 Å². The summed E-state index contributed by atoms with van der Waals surface area (Å²) in [6.45, 7) is 1.62. The van der Waals surface area contributed by atoms with Crippen molar-refractivity contribution in [2.75, 3.05) is 5.32 Å². The molecule has 0 saturated carbocycles. The number of nitrogens with one attached hydrogen (secondary N) is 1. The fraction of sp³-hybridized carbons (Fsp3) is 0.143. The average Bonchev–Trinajstić information content (AvgIpc) is 2.36. The van der Waals surface area contributed by atoms with Gasteiger partial charge < -0.3 is 15.5 Å². The van der Waals surface area contributed by atoms with E-state index in [9.17, 15) is 19.0 Å². The molecule has 0 heterocycles. The number of benzene rings is 2. The molecule has 1 atom stereocenters. The van der Waals surface area contributed by atoms with Crippen LogP contribution in [0.3, 0.4) is 0 Å². The smallest absolute Gasteiger partial charge is 0.150 e. The van der Waals surface area contributed by atoms with Crippen LogP contribution in [0.2, 0.25) is 0 Å². The van der Waals surface area contributed by atoms with Crippen molar-refractivity contribution >= 4 is 21.6 Å². The number of hydrogen-bond donors (Lipinski definition) is 3. The van der Waals surface area contributed by atoms with E-state index >= 15 is 0 Å². The standard InChI is InChI=1S/C14H12BrF2NO2/c1-7(10-6-9(19)2-3-13(10)20)18-14-11(16)4-8(15)5-12(14)17/h2-7,18-20H,1H3. The molecule has 1 unspecified atom stereocenters. The molecule has 0 bridgehead atoms. The third-order valence-electron chi connectivity index (χ3n) is 2.85. The van der Waals surface area contributed by atoms with Crippen molar-refractivity contribution in [3.05, 3.63) is 52.0 Å². The van der Waals surface area contributed by atoms with E-state index < -0.39 is 17.7 Å². The van der Waals surface area contributed by atoms with E-state index in [2.05, 4.69) is 21.2 Å². The molecule has 0 aromatic heterocycles. The zero-order valence-electron chi connectivity index (χ0n) is 10.5. The van der Waals surface area contributed by atoms with Gasteiger partial charge in [0.2, 0.25) is 0 Å². The molecular weight excluding hydrogens is 332 g/mol. The summed E-state index contributed by atoms with van der Waals surface area (Å²) in [7, 11) is 0. The third-order valence-corrected chi connectivity index (χ3v) is 3.30. The van der Waals surface area contributed by atoms with Crippen molar-refractivity contribution in [3.8, 4) is 11.5 Å². The summed E-state index contributed by atoms with van der Waals surface area (Å²) >= 11 is 3.00. The second kappa shape index (κ2) is 5.66. The Morgan fingerprint density at radius 2 is 1.70 bits per heavy atom. The first-order chi connectivity index (χ1) is 9.38.